The highest BCUT2D eigenvalue weighted by atomic mass is 32.2. The first-order valence-corrected chi connectivity index (χ1v) is 10.1. The zero-order valence-corrected chi connectivity index (χ0v) is 17.2. The van der Waals surface area contributed by atoms with Crippen LogP contribution in [0.3, 0.4) is 0 Å². The average Bonchev–Trinajstić information content (AvgIpc) is 2.73. The third-order valence-electron chi connectivity index (χ3n) is 4.35. The van der Waals surface area contributed by atoms with Crippen LogP contribution in [-0.2, 0) is 14.3 Å². The molecule has 1 saturated heterocycles. The Labute approximate surface area is 177 Å². The Hall–Kier alpha value is -3.20. The number of amides is 2. The number of amidine groups is 1. The van der Waals surface area contributed by atoms with Crippen molar-refractivity contribution in [2.24, 2.45) is 4.99 Å². The van der Waals surface area contributed by atoms with E-state index in [1.165, 1.54) is 42.3 Å². The fourth-order valence-electron chi connectivity index (χ4n) is 2.84. The number of halogens is 1. The van der Waals surface area contributed by atoms with Gasteiger partial charge in [0.05, 0.1) is 18.4 Å². The number of carbonyl (C=O) groups is 3. The Morgan fingerprint density at radius 1 is 1.27 bits per heavy atom. The molecule has 2 aromatic carbocycles. The number of ether oxygens (including phenoxy) is 1. The van der Waals surface area contributed by atoms with Crippen LogP contribution in [0.5, 0.6) is 0 Å². The van der Waals surface area contributed by atoms with Gasteiger partial charge in [-0.3, -0.25) is 14.5 Å². The molecular formula is C21H20FN3O4S. The number of benzene rings is 2. The minimum atomic E-state index is -0.687. The highest BCUT2D eigenvalue weighted by Crippen LogP contribution is 2.30. The molecule has 2 amide bonds. The summed E-state index contributed by atoms with van der Waals surface area (Å²) in [6, 6.07) is 12.0. The predicted molar refractivity (Wildman–Crippen MR) is 113 cm³/mol. The third-order valence-corrected chi connectivity index (χ3v) is 5.54. The van der Waals surface area contributed by atoms with E-state index in [2.05, 4.69) is 15.0 Å². The topological polar surface area (TPSA) is 88.1 Å². The Bertz CT molecular complexity index is 994. The first-order chi connectivity index (χ1) is 14.4. The van der Waals surface area contributed by atoms with E-state index >= 15 is 0 Å². The van der Waals surface area contributed by atoms with E-state index in [0.29, 0.717) is 28.7 Å². The zero-order chi connectivity index (χ0) is 21.7. The van der Waals surface area contributed by atoms with Crippen molar-refractivity contribution in [1.29, 1.82) is 0 Å². The summed E-state index contributed by atoms with van der Waals surface area (Å²) in [5.41, 5.74) is 1.21. The highest BCUT2D eigenvalue weighted by molar-refractivity contribution is 8.15. The van der Waals surface area contributed by atoms with Crippen LogP contribution in [0.4, 0.5) is 15.8 Å². The number of nitrogens with one attached hydrogen (secondary N) is 1. The van der Waals surface area contributed by atoms with E-state index in [-0.39, 0.29) is 18.2 Å². The lowest BCUT2D eigenvalue weighted by Crippen LogP contribution is -2.45. The van der Waals surface area contributed by atoms with Gasteiger partial charge in [0, 0.05) is 18.7 Å². The van der Waals surface area contributed by atoms with Crippen LogP contribution >= 0.6 is 11.8 Å². The third kappa shape index (κ3) is 5.04. The van der Waals surface area contributed by atoms with Crippen LogP contribution in [0.1, 0.15) is 23.7 Å². The van der Waals surface area contributed by atoms with E-state index in [1.54, 1.807) is 18.2 Å². The minimum absolute atomic E-state index is 0.0206. The summed E-state index contributed by atoms with van der Waals surface area (Å²) in [4.78, 5) is 42.6. The van der Waals surface area contributed by atoms with E-state index in [1.807, 2.05) is 6.92 Å². The molecule has 0 aromatic heterocycles. The maximum atomic E-state index is 13.5. The fourth-order valence-corrected chi connectivity index (χ4v) is 4.00. The number of thioether (sulfide) groups is 1. The van der Waals surface area contributed by atoms with Crippen molar-refractivity contribution in [2.45, 2.75) is 18.6 Å². The first-order valence-electron chi connectivity index (χ1n) is 9.21. The van der Waals surface area contributed by atoms with Crippen molar-refractivity contribution in [3.63, 3.8) is 0 Å². The van der Waals surface area contributed by atoms with Gasteiger partial charge in [0.1, 0.15) is 11.1 Å². The Kier molecular flexibility index (Phi) is 6.83. The molecule has 3 rings (SSSR count). The molecule has 7 nitrogen and oxygen atoms in total. The van der Waals surface area contributed by atoms with Crippen molar-refractivity contribution < 1.29 is 23.5 Å². The van der Waals surface area contributed by atoms with Gasteiger partial charge in [-0.05, 0) is 49.4 Å². The second-order valence-corrected chi connectivity index (χ2v) is 7.55. The lowest BCUT2D eigenvalue weighted by atomic mass is 10.2. The molecule has 30 heavy (non-hydrogen) atoms. The van der Waals surface area contributed by atoms with Gasteiger partial charge >= 0.3 is 5.97 Å². The van der Waals surface area contributed by atoms with Crippen LogP contribution in [0, 0.1) is 5.82 Å². The minimum Gasteiger partial charge on any atom is -0.465 e. The molecular weight excluding hydrogens is 409 g/mol. The molecule has 1 N–H and O–H groups in total. The average molecular weight is 429 g/mol. The van der Waals surface area contributed by atoms with Crippen LogP contribution in [0.15, 0.2) is 53.5 Å². The summed E-state index contributed by atoms with van der Waals surface area (Å²) in [5, 5.41) is 2.41. The molecule has 2 aromatic rings. The van der Waals surface area contributed by atoms with Gasteiger partial charge in [-0.25, -0.2) is 14.2 Å². The van der Waals surface area contributed by atoms with E-state index in [4.69, 9.17) is 0 Å². The monoisotopic (exact) mass is 429 g/mol. The molecule has 1 aliphatic rings. The van der Waals surface area contributed by atoms with E-state index < -0.39 is 17.0 Å². The number of aliphatic imine (C=N–C) groups is 1. The molecule has 0 bridgehead atoms. The molecule has 0 aliphatic carbocycles. The summed E-state index contributed by atoms with van der Waals surface area (Å²) >= 11 is 1.15. The zero-order valence-electron chi connectivity index (χ0n) is 16.4. The Morgan fingerprint density at radius 3 is 2.63 bits per heavy atom. The fraction of sp³-hybridized carbons (Fsp3) is 0.238. The van der Waals surface area contributed by atoms with Crippen molar-refractivity contribution in [1.82, 2.24) is 4.90 Å². The Balaban J connectivity index is 1.76. The second kappa shape index (κ2) is 9.53. The molecule has 9 heteroatoms. The van der Waals surface area contributed by atoms with Crippen LogP contribution in [0.2, 0.25) is 0 Å². The molecule has 1 atom stereocenters. The van der Waals surface area contributed by atoms with E-state index in [9.17, 15) is 18.8 Å². The largest absolute Gasteiger partial charge is 0.465 e. The summed E-state index contributed by atoms with van der Waals surface area (Å²) in [7, 11) is 1.29. The SMILES string of the molecule is CCN1C(=O)CC(C(=O)Nc2ccc(C(=O)OC)cc2)SC1=Nc1cccc(F)c1. The lowest BCUT2D eigenvalue weighted by Gasteiger charge is -2.30. The molecule has 0 spiro atoms. The Morgan fingerprint density at radius 2 is 2.00 bits per heavy atom. The second-order valence-electron chi connectivity index (χ2n) is 6.38. The van der Waals surface area contributed by atoms with Gasteiger partial charge in [0.25, 0.3) is 0 Å². The number of rotatable bonds is 5. The normalized spacial score (nSPS) is 17.7. The highest BCUT2D eigenvalue weighted by Gasteiger charge is 2.35. The van der Waals surface area contributed by atoms with Crippen molar-refractivity contribution in [2.75, 3.05) is 19.0 Å². The molecule has 1 fully saturated rings. The smallest absolute Gasteiger partial charge is 0.337 e. The summed E-state index contributed by atoms with van der Waals surface area (Å²) in [6.07, 6.45) is 0.0206. The molecule has 1 unspecified atom stereocenters. The summed E-state index contributed by atoms with van der Waals surface area (Å²) < 4.78 is 18.1. The van der Waals surface area contributed by atoms with Gasteiger partial charge in [-0.2, -0.15) is 0 Å². The maximum absolute atomic E-state index is 13.5. The van der Waals surface area contributed by atoms with Gasteiger partial charge in [0.15, 0.2) is 5.17 Å². The summed E-state index contributed by atoms with van der Waals surface area (Å²) in [6.45, 7) is 2.20. The van der Waals surface area contributed by atoms with Crippen LogP contribution in [-0.4, -0.2) is 46.8 Å². The lowest BCUT2D eigenvalue weighted by molar-refractivity contribution is -0.129. The molecule has 0 radical (unpaired) electrons. The van der Waals surface area contributed by atoms with Gasteiger partial charge in [-0.15, -0.1) is 0 Å². The van der Waals surface area contributed by atoms with E-state index in [0.717, 1.165) is 11.8 Å². The number of hydrogen-bond acceptors (Lipinski definition) is 6. The number of esters is 1. The maximum Gasteiger partial charge on any atom is 0.337 e. The number of methoxy groups -OCH3 is 1. The van der Waals surface area contributed by atoms with Gasteiger partial charge in [-0.1, -0.05) is 17.8 Å². The standard InChI is InChI=1S/C21H20FN3O4S/c1-3-25-18(26)12-17(30-21(25)24-16-6-4-5-14(22)11-16)19(27)23-15-9-7-13(8-10-15)20(28)29-2/h4-11,17H,3,12H2,1-2H3,(H,23,27). The van der Waals surface area contributed by atoms with Crippen molar-refractivity contribution in [3.8, 4) is 0 Å². The predicted octanol–water partition coefficient (Wildman–Crippen LogP) is 3.59. The number of carbonyl (C=O) groups excluding carboxylic acids is 3. The summed E-state index contributed by atoms with van der Waals surface area (Å²) in [5.74, 6) is -1.50. The quantitative estimate of drug-likeness (QED) is 0.734. The number of nitrogens with zero attached hydrogens (tertiary/aromatic N) is 2. The van der Waals surface area contributed by atoms with Gasteiger partial charge < -0.3 is 10.1 Å². The number of hydrogen-bond donors (Lipinski definition) is 1. The first kappa shape index (κ1) is 21.5. The molecule has 156 valence electrons. The van der Waals surface area contributed by atoms with Crippen molar-refractivity contribution in [3.05, 3.63) is 59.9 Å². The van der Waals surface area contributed by atoms with Gasteiger partial charge in [0.2, 0.25) is 11.8 Å². The molecule has 0 saturated carbocycles. The van der Waals surface area contributed by atoms with Crippen LogP contribution < -0.4 is 5.32 Å². The molecule has 1 heterocycles. The van der Waals surface area contributed by atoms with Crippen molar-refractivity contribution >= 4 is 46.1 Å². The van der Waals surface area contributed by atoms with Crippen LogP contribution in [0.25, 0.3) is 0 Å². The number of anilines is 1. The molecule has 1 aliphatic heterocycles.